The van der Waals surface area contributed by atoms with Crippen molar-refractivity contribution < 1.29 is 4.92 Å². The van der Waals surface area contributed by atoms with Crippen molar-refractivity contribution in [3.05, 3.63) is 33.9 Å². The Balaban J connectivity index is 0.000000322. The van der Waals surface area contributed by atoms with Gasteiger partial charge in [-0.05, 0) is 37.3 Å². The number of hydrogen-bond donors (Lipinski definition) is 0. The number of unbranched alkanes of at least 4 members (excludes halogenated alkanes) is 1. The van der Waals surface area contributed by atoms with Crippen molar-refractivity contribution in [2.45, 2.75) is 60.3 Å². The van der Waals surface area contributed by atoms with Gasteiger partial charge >= 0.3 is 0 Å². The van der Waals surface area contributed by atoms with Crippen LogP contribution in [-0.2, 0) is 0 Å². The van der Waals surface area contributed by atoms with Crippen molar-refractivity contribution in [3.63, 3.8) is 0 Å². The molecule has 0 aromatic heterocycles. The third-order valence-electron chi connectivity index (χ3n) is 4.30. The van der Waals surface area contributed by atoms with Gasteiger partial charge in [-0.15, -0.1) is 0 Å². The maximum atomic E-state index is 10.7. The Bertz CT molecular complexity index is 500. The van der Waals surface area contributed by atoms with Crippen molar-refractivity contribution in [1.82, 2.24) is 0 Å². The molecule has 1 fully saturated rings. The molecule has 0 amide bonds. The molecule has 0 bridgehead atoms. The number of nitro benzene ring substituents is 1. The van der Waals surface area contributed by atoms with Gasteiger partial charge in [0.2, 0.25) is 0 Å². The largest absolute Gasteiger partial charge is 0.371 e. The van der Waals surface area contributed by atoms with Crippen LogP contribution in [0.1, 0.15) is 58.9 Å². The molecule has 4 heteroatoms. The number of aryl methyl sites for hydroxylation is 1. The minimum Gasteiger partial charge on any atom is -0.371 e. The lowest BCUT2D eigenvalue weighted by Gasteiger charge is -2.18. The van der Waals surface area contributed by atoms with E-state index < -0.39 is 0 Å². The summed E-state index contributed by atoms with van der Waals surface area (Å²) in [5.74, 6) is 1.62. The van der Waals surface area contributed by atoms with Crippen LogP contribution in [0.15, 0.2) is 18.2 Å². The average Bonchev–Trinajstić information content (AvgIpc) is 2.92. The molecule has 0 aliphatic carbocycles. The third kappa shape index (κ3) is 6.59. The van der Waals surface area contributed by atoms with Gasteiger partial charge in [0, 0.05) is 30.4 Å². The fourth-order valence-corrected chi connectivity index (χ4v) is 2.82. The SMILES string of the molecule is CCCCC(C)C.Cc1cc(N2CCC(C)C2)ccc1[N+](=O)[O-]. The zero-order chi connectivity index (χ0) is 17.4. The quantitative estimate of drug-likeness (QED) is 0.525. The molecule has 1 aliphatic heterocycles. The zero-order valence-corrected chi connectivity index (χ0v) is 15.3. The van der Waals surface area contributed by atoms with Gasteiger partial charge < -0.3 is 4.90 Å². The van der Waals surface area contributed by atoms with E-state index in [2.05, 4.69) is 32.6 Å². The first-order valence-corrected chi connectivity index (χ1v) is 8.85. The highest BCUT2D eigenvalue weighted by molar-refractivity contribution is 5.55. The topological polar surface area (TPSA) is 46.4 Å². The average molecular weight is 320 g/mol. The molecule has 23 heavy (non-hydrogen) atoms. The van der Waals surface area contributed by atoms with Gasteiger partial charge in [-0.1, -0.05) is 47.0 Å². The Hall–Kier alpha value is -1.58. The summed E-state index contributed by atoms with van der Waals surface area (Å²) in [6.45, 7) is 12.9. The lowest BCUT2D eigenvalue weighted by Crippen LogP contribution is -2.19. The van der Waals surface area contributed by atoms with E-state index >= 15 is 0 Å². The minimum absolute atomic E-state index is 0.205. The van der Waals surface area contributed by atoms with E-state index in [0.29, 0.717) is 0 Å². The van der Waals surface area contributed by atoms with Gasteiger partial charge in [0.15, 0.2) is 0 Å². The van der Waals surface area contributed by atoms with E-state index in [-0.39, 0.29) is 10.6 Å². The highest BCUT2D eigenvalue weighted by Gasteiger charge is 2.20. The van der Waals surface area contributed by atoms with Gasteiger partial charge in [-0.3, -0.25) is 10.1 Å². The van der Waals surface area contributed by atoms with Crippen LogP contribution in [0.5, 0.6) is 0 Å². The molecule has 1 aliphatic rings. The molecule has 0 saturated carbocycles. The van der Waals surface area contributed by atoms with Gasteiger partial charge in [0.1, 0.15) is 0 Å². The van der Waals surface area contributed by atoms with Crippen LogP contribution < -0.4 is 4.90 Å². The van der Waals surface area contributed by atoms with Gasteiger partial charge in [0.05, 0.1) is 4.92 Å². The van der Waals surface area contributed by atoms with Crippen LogP contribution in [0.2, 0.25) is 0 Å². The lowest BCUT2D eigenvalue weighted by molar-refractivity contribution is -0.385. The van der Waals surface area contributed by atoms with E-state index in [9.17, 15) is 10.1 Å². The molecule has 0 spiro atoms. The zero-order valence-electron chi connectivity index (χ0n) is 15.3. The van der Waals surface area contributed by atoms with E-state index in [4.69, 9.17) is 0 Å². The molecule has 1 aromatic carbocycles. The number of anilines is 1. The summed E-state index contributed by atoms with van der Waals surface area (Å²) in [6.07, 6.45) is 5.35. The van der Waals surface area contributed by atoms with Crippen molar-refractivity contribution in [1.29, 1.82) is 0 Å². The summed E-state index contributed by atoms with van der Waals surface area (Å²) in [5.41, 5.74) is 2.05. The number of benzene rings is 1. The first-order valence-electron chi connectivity index (χ1n) is 8.85. The van der Waals surface area contributed by atoms with Crippen molar-refractivity contribution in [3.8, 4) is 0 Å². The van der Waals surface area contributed by atoms with Crippen molar-refractivity contribution in [2.24, 2.45) is 11.8 Å². The second kappa shape index (κ2) is 9.53. The van der Waals surface area contributed by atoms with Crippen LogP contribution in [-0.4, -0.2) is 18.0 Å². The van der Waals surface area contributed by atoms with Crippen LogP contribution in [0.25, 0.3) is 0 Å². The first-order chi connectivity index (χ1) is 10.8. The molecule has 130 valence electrons. The first kappa shape index (κ1) is 19.5. The molecule has 0 N–H and O–H groups in total. The summed E-state index contributed by atoms with van der Waals surface area (Å²) in [6, 6.07) is 5.37. The summed E-state index contributed by atoms with van der Waals surface area (Å²) in [4.78, 5) is 12.7. The number of hydrogen-bond acceptors (Lipinski definition) is 3. The molecule has 1 aromatic rings. The van der Waals surface area contributed by atoms with E-state index in [1.165, 1.54) is 25.7 Å². The van der Waals surface area contributed by atoms with E-state index in [1.54, 1.807) is 13.0 Å². The highest BCUT2D eigenvalue weighted by atomic mass is 16.6. The molecule has 1 unspecified atom stereocenters. The third-order valence-corrected chi connectivity index (χ3v) is 4.30. The summed E-state index contributed by atoms with van der Waals surface area (Å²) in [5, 5.41) is 10.7. The normalized spacial score (nSPS) is 17.1. The molecule has 1 atom stereocenters. The predicted octanol–water partition coefficient (Wildman–Crippen LogP) is 5.58. The molecule has 1 heterocycles. The highest BCUT2D eigenvalue weighted by Crippen LogP contribution is 2.28. The Morgan fingerprint density at radius 1 is 1.39 bits per heavy atom. The maximum Gasteiger partial charge on any atom is 0.272 e. The number of nitrogens with zero attached hydrogens (tertiary/aromatic N) is 2. The number of rotatable bonds is 5. The van der Waals surface area contributed by atoms with Crippen LogP contribution in [0, 0.1) is 28.9 Å². The molecule has 4 nitrogen and oxygen atoms in total. The Morgan fingerprint density at radius 2 is 2.09 bits per heavy atom. The van der Waals surface area contributed by atoms with Crippen LogP contribution >= 0.6 is 0 Å². The Kier molecular flexibility index (Phi) is 8.07. The molecule has 1 saturated heterocycles. The second-order valence-electron chi connectivity index (χ2n) is 7.10. The minimum atomic E-state index is -0.328. The second-order valence-corrected chi connectivity index (χ2v) is 7.10. The summed E-state index contributed by atoms with van der Waals surface area (Å²) in [7, 11) is 0. The van der Waals surface area contributed by atoms with Crippen molar-refractivity contribution in [2.75, 3.05) is 18.0 Å². The van der Waals surface area contributed by atoms with Gasteiger partial charge in [-0.2, -0.15) is 0 Å². The van der Waals surface area contributed by atoms with Crippen molar-refractivity contribution >= 4 is 11.4 Å². The van der Waals surface area contributed by atoms with Gasteiger partial charge in [-0.25, -0.2) is 0 Å². The van der Waals surface area contributed by atoms with E-state index in [0.717, 1.165) is 36.2 Å². The molecule has 2 rings (SSSR count). The number of nitro groups is 1. The fourth-order valence-electron chi connectivity index (χ4n) is 2.82. The molecular weight excluding hydrogens is 288 g/mol. The Labute approximate surface area is 141 Å². The smallest absolute Gasteiger partial charge is 0.272 e. The van der Waals surface area contributed by atoms with Crippen LogP contribution in [0.3, 0.4) is 0 Å². The summed E-state index contributed by atoms with van der Waals surface area (Å²) >= 11 is 0. The standard InChI is InChI=1S/C12H16N2O2.C7H16/c1-9-5-6-13(8-9)11-3-4-12(14(15)16)10(2)7-11;1-4-5-6-7(2)3/h3-4,7,9H,5-6,8H2,1-2H3;7H,4-6H2,1-3H3. The van der Waals surface area contributed by atoms with Gasteiger partial charge in [0.25, 0.3) is 5.69 Å². The fraction of sp³-hybridized carbons (Fsp3) is 0.684. The predicted molar refractivity (Wildman–Crippen MR) is 98.2 cm³/mol. The van der Waals surface area contributed by atoms with E-state index in [1.807, 2.05) is 12.1 Å². The Morgan fingerprint density at radius 3 is 2.48 bits per heavy atom. The molecule has 0 radical (unpaired) electrons. The van der Waals surface area contributed by atoms with Crippen LogP contribution in [0.4, 0.5) is 11.4 Å². The maximum absolute atomic E-state index is 10.7. The summed E-state index contributed by atoms with van der Waals surface area (Å²) < 4.78 is 0. The lowest BCUT2D eigenvalue weighted by atomic mass is 10.1. The molecular formula is C19H32N2O2. The monoisotopic (exact) mass is 320 g/mol.